The Kier molecular flexibility index (Phi) is 7.85. The zero-order valence-corrected chi connectivity index (χ0v) is 34.6. The molecule has 0 spiro atoms. The molecule has 2 heterocycles. The van der Waals surface area contributed by atoms with Crippen LogP contribution >= 0.6 is 0 Å². The second-order valence-electron chi connectivity index (χ2n) is 16.8. The highest BCUT2D eigenvalue weighted by Gasteiger charge is 2.21. The molecule has 292 valence electrons. The van der Waals surface area contributed by atoms with Crippen LogP contribution in [0.15, 0.2) is 212 Å². The molecular weight excluding hydrogens is 761 g/mol. The highest BCUT2D eigenvalue weighted by Crippen LogP contribution is 2.46. The molecule has 0 aliphatic rings. The van der Waals surface area contributed by atoms with Gasteiger partial charge in [0.15, 0.2) is 0 Å². The summed E-state index contributed by atoms with van der Waals surface area (Å²) >= 11 is 0. The predicted molar refractivity (Wildman–Crippen MR) is 269 cm³/mol. The molecular formula is C61H38N2. The Morgan fingerprint density at radius 1 is 0.302 bits per heavy atom. The molecule has 0 saturated carbocycles. The van der Waals surface area contributed by atoms with Gasteiger partial charge in [-0.05, 0) is 95.3 Å². The number of pyridine rings is 2. The van der Waals surface area contributed by atoms with Crippen molar-refractivity contribution < 1.29 is 0 Å². The molecule has 13 rings (SSSR count). The molecule has 0 atom stereocenters. The molecule has 0 N–H and O–H groups in total. The largest absolute Gasteiger partial charge is 0.247 e. The number of hydrogen-bond acceptors (Lipinski definition) is 2. The van der Waals surface area contributed by atoms with Crippen molar-refractivity contribution >= 4 is 86.4 Å². The first-order valence-electron chi connectivity index (χ1n) is 21.7. The van der Waals surface area contributed by atoms with E-state index in [-0.39, 0.29) is 0 Å². The Balaban J connectivity index is 1.02. The van der Waals surface area contributed by atoms with E-state index in [0.29, 0.717) is 0 Å². The van der Waals surface area contributed by atoms with Gasteiger partial charge in [-0.15, -0.1) is 0 Å². The summed E-state index contributed by atoms with van der Waals surface area (Å²) in [5.41, 5.74) is 12.3. The normalized spacial score (nSPS) is 11.9. The Bertz CT molecular complexity index is 3960. The maximum atomic E-state index is 5.60. The molecule has 0 radical (unpaired) electrons. The number of nitrogens with zero attached hydrogens (tertiary/aromatic N) is 2. The van der Waals surface area contributed by atoms with Crippen LogP contribution in [0.2, 0.25) is 0 Å². The predicted octanol–water partition coefficient (Wildman–Crippen LogP) is 16.7. The van der Waals surface area contributed by atoms with Crippen LogP contribution in [0.4, 0.5) is 0 Å². The lowest BCUT2D eigenvalue weighted by molar-refractivity contribution is 1.42. The summed E-state index contributed by atoms with van der Waals surface area (Å²) in [4.78, 5) is 11.0. The third-order valence-corrected chi connectivity index (χ3v) is 13.4. The minimum absolute atomic E-state index is 0.975. The number of aryl methyl sites for hydroxylation is 1. The van der Waals surface area contributed by atoms with E-state index >= 15 is 0 Å². The SMILES string of the molecule is Cc1c(-c2ccccc2)ccc2ccc3ccc(-c4c5ccccc5c(-c5ccc(-c6nc7ccccc7c7c8ccccc8c8ccccc8c67)cc5)c5ccccc45)nc3c12. The van der Waals surface area contributed by atoms with Gasteiger partial charge in [-0.3, -0.25) is 0 Å². The number of benzene rings is 11. The van der Waals surface area contributed by atoms with Crippen molar-refractivity contribution in [3.05, 3.63) is 218 Å². The Labute approximate surface area is 364 Å². The lowest BCUT2D eigenvalue weighted by Gasteiger charge is -2.19. The second kappa shape index (κ2) is 13.9. The lowest BCUT2D eigenvalue weighted by Crippen LogP contribution is -1.95. The molecule has 0 aliphatic carbocycles. The zero-order valence-electron chi connectivity index (χ0n) is 34.6. The minimum Gasteiger partial charge on any atom is -0.247 e. The highest BCUT2D eigenvalue weighted by molar-refractivity contribution is 6.33. The molecule has 0 aliphatic heterocycles. The van der Waals surface area contributed by atoms with Crippen LogP contribution < -0.4 is 0 Å². The van der Waals surface area contributed by atoms with Gasteiger partial charge in [0.05, 0.1) is 22.4 Å². The first-order chi connectivity index (χ1) is 31.2. The summed E-state index contributed by atoms with van der Waals surface area (Å²) in [7, 11) is 0. The fourth-order valence-electron chi connectivity index (χ4n) is 10.6. The Morgan fingerprint density at radius 3 is 1.46 bits per heavy atom. The number of hydrogen-bond donors (Lipinski definition) is 0. The van der Waals surface area contributed by atoms with E-state index in [1.165, 1.54) is 97.8 Å². The first-order valence-corrected chi connectivity index (χ1v) is 21.7. The van der Waals surface area contributed by atoms with Gasteiger partial charge in [-0.25, -0.2) is 9.97 Å². The van der Waals surface area contributed by atoms with Crippen molar-refractivity contribution in [1.82, 2.24) is 9.97 Å². The van der Waals surface area contributed by atoms with Crippen molar-refractivity contribution in [1.29, 1.82) is 0 Å². The maximum Gasteiger partial charge on any atom is 0.0794 e. The molecule has 0 unspecified atom stereocenters. The van der Waals surface area contributed by atoms with Gasteiger partial charge in [0, 0.05) is 38.1 Å². The summed E-state index contributed by atoms with van der Waals surface area (Å²) < 4.78 is 0. The van der Waals surface area contributed by atoms with E-state index in [9.17, 15) is 0 Å². The van der Waals surface area contributed by atoms with Crippen molar-refractivity contribution in [2.75, 3.05) is 0 Å². The second-order valence-corrected chi connectivity index (χ2v) is 16.8. The van der Waals surface area contributed by atoms with E-state index in [4.69, 9.17) is 9.97 Å². The van der Waals surface area contributed by atoms with E-state index in [2.05, 4.69) is 219 Å². The smallest absolute Gasteiger partial charge is 0.0794 e. The van der Waals surface area contributed by atoms with Crippen LogP contribution in [0.5, 0.6) is 0 Å². The minimum atomic E-state index is 0.975. The first kappa shape index (κ1) is 35.5. The molecule has 2 nitrogen and oxygen atoms in total. The molecule has 2 aromatic heterocycles. The van der Waals surface area contributed by atoms with E-state index in [1.807, 2.05) is 0 Å². The summed E-state index contributed by atoms with van der Waals surface area (Å²) in [5, 5.41) is 16.9. The molecule has 2 heteroatoms. The highest BCUT2D eigenvalue weighted by atomic mass is 14.7. The van der Waals surface area contributed by atoms with Crippen LogP contribution in [0.1, 0.15) is 5.56 Å². The van der Waals surface area contributed by atoms with E-state index < -0.39 is 0 Å². The number of rotatable bonds is 4. The van der Waals surface area contributed by atoms with Crippen molar-refractivity contribution in [2.24, 2.45) is 0 Å². The molecule has 0 saturated heterocycles. The molecule has 13 aromatic rings. The van der Waals surface area contributed by atoms with E-state index in [1.54, 1.807) is 0 Å². The van der Waals surface area contributed by atoms with Gasteiger partial charge >= 0.3 is 0 Å². The third-order valence-electron chi connectivity index (χ3n) is 13.4. The van der Waals surface area contributed by atoms with Crippen LogP contribution in [0, 0.1) is 6.92 Å². The summed E-state index contributed by atoms with van der Waals surface area (Å²) in [5.74, 6) is 0. The quantitative estimate of drug-likeness (QED) is 0.131. The van der Waals surface area contributed by atoms with Crippen LogP contribution in [-0.2, 0) is 0 Å². The number of para-hydroxylation sites is 1. The molecule has 63 heavy (non-hydrogen) atoms. The Morgan fingerprint density at radius 2 is 0.794 bits per heavy atom. The van der Waals surface area contributed by atoms with Crippen LogP contribution in [-0.4, -0.2) is 9.97 Å². The van der Waals surface area contributed by atoms with Gasteiger partial charge in [-0.1, -0.05) is 200 Å². The molecule has 0 bridgehead atoms. The maximum absolute atomic E-state index is 5.60. The van der Waals surface area contributed by atoms with Gasteiger partial charge in [0.1, 0.15) is 0 Å². The van der Waals surface area contributed by atoms with Gasteiger partial charge in [-0.2, -0.15) is 0 Å². The summed E-state index contributed by atoms with van der Waals surface area (Å²) in [6, 6.07) is 77.1. The van der Waals surface area contributed by atoms with Crippen molar-refractivity contribution in [3.63, 3.8) is 0 Å². The molecule has 11 aromatic carbocycles. The zero-order chi connectivity index (χ0) is 41.6. The fourth-order valence-corrected chi connectivity index (χ4v) is 10.6. The van der Waals surface area contributed by atoms with Crippen molar-refractivity contribution in [3.8, 4) is 44.8 Å². The van der Waals surface area contributed by atoms with E-state index in [0.717, 1.165) is 38.9 Å². The summed E-state index contributed by atoms with van der Waals surface area (Å²) in [6.45, 7) is 2.24. The lowest BCUT2D eigenvalue weighted by atomic mass is 9.86. The van der Waals surface area contributed by atoms with Gasteiger partial charge in [0.25, 0.3) is 0 Å². The number of fused-ring (bicyclic) bond motifs is 13. The average molecular weight is 799 g/mol. The summed E-state index contributed by atoms with van der Waals surface area (Å²) in [6.07, 6.45) is 0. The molecule has 0 fully saturated rings. The average Bonchev–Trinajstić information content (AvgIpc) is 3.35. The van der Waals surface area contributed by atoms with Crippen molar-refractivity contribution in [2.45, 2.75) is 6.92 Å². The fraction of sp³-hybridized carbons (Fsp3) is 0.0164. The van der Waals surface area contributed by atoms with Crippen LogP contribution in [0.3, 0.4) is 0 Å². The number of aromatic nitrogens is 2. The molecule has 0 amide bonds. The topological polar surface area (TPSA) is 25.8 Å². The van der Waals surface area contributed by atoms with Crippen LogP contribution in [0.25, 0.3) is 131 Å². The third kappa shape index (κ3) is 5.38. The van der Waals surface area contributed by atoms with Gasteiger partial charge in [0.2, 0.25) is 0 Å². The monoisotopic (exact) mass is 798 g/mol. The standard InChI is InChI=1S/C61H38N2/c1-37-43(38-15-3-2-4-16-38)35-33-39-27-30-42-34-36-54(63-60(42)55(37)39)57-50-23-11-9-21-48(50)56(49-22-10-12-24-51(49)57)40-28-31-41(32-29-40)61-59-47-20-8-6-18-45(47)44-17-5-7-19-46(44)58(59)52-25-13-14-26-53(52)62-61/h2-36H,1H3. The Hall–Kier alpha value is -8.20. The van der Waals surface area contributed by atoms with Gasteiger partial charge < -0.3 is 0 Å².